The molecule has 0 saturated carbocycles. The van der Waals surface area contributed by atoms with Gasteiger partial charge in [0.25, 0.3) is 0 Å². The molecule has 0 radical (unpaired) electrons. The second-order valence-corrected chi connectivity index (χ2v) is 5.13. The van der Waals surface area contributed by atoms with Gasteiger partial charge in [-0.05, 0) is 6.92 Å². The Kier molecular flexibility index (Phi) is 4.21. The van der Waals surface area contributed by atoms with Crippen molar-refractivity contribution in [1.82, 2.24) is 9.88 Å². The topological polar surface area (TPSA) is 130 Å². The number of nitrogens with zero attached hydrogens (tertiary/aromatic N) is 1. The Hall–Kier alpha value is -1.45. The summed E-state index contributed by atoms with van der Waals surface area (Å²) in [5.41, 5.74) is 0.164. The van der Waals surface area contributed by atoms with E-state index in [0.29, 0.717) is 5.76 Å². The van der Waals surface area contributed by atoms with E-state index in [1.165, 1.54) is 6.07 Å². The molecule has 1 heterocycles. The molecule has 3 N–H and O–H groups in total. The summed E-state index contributed by atoms with van der Waals surface area (Å²) in [7, 11) is -3.89. The fourth-order valence-electron chi connectivity index (χ4n) is 1.10. The van der Waals surface area contributed by atoms with Crippen LogP contribution < -0.4 is 4.72 Å². The Labute approximate surface area is 97.3 Å². The third-order valence-electron chi connectivity index (χ3n) is 1.82. The summed E-state index contributed by atoms with van der Waals surface area (Å²) in [4.78, 5) is 10.5. The van der Waals surface area contributed by atoms with Crippen LogP contribution in [0.5, 0.6) is 0 Å². The van der Waals surface area contributed by atoms with E-state index in [-0.39, 0.29) is 5.69 Å². The van der Waals surface area contributed by atoms with Crippen LogP contribution in [0.25, 0.3) is 0 Å². The number of rotatable bonds is 6. The van der Waals surface area contributed by atoms with E-state index in [1.54, 1.807) is 6.92 Å². The number of aliphatic carboxylic acids is 1. The highest BCUT2D eigenvalue weighted by atomic mass is 32.2. The van der Waals surface area contributed by atoms with Crippen LogP contribution in [0.2, 0.25) is 0 Å². The Bertz CT molecular complexity index is 494. The van der Waals surface area contributed by atoms with E-state index in [1.807, 2.05) is 4.72 Å². The molecule has 0 aliphatic heterocycles. The van der Waals surface area contributed by atoms with Gasteiger partial charge in [-0.1, -0.05) is 5.16 Å². The molecule has 9 heteroatoms. The van der Waals surface area contributed by atoms with E-state index >= 15 is 0 Å². The largest absolute Gasteiger partial charge is 0.480 e. The normalized spacial score (nSPS) is 13.5. The second kappa shape index (κ2) is 5.25. The molecule has 17 heavy (non-hydrogen) atoms. The lowest BCUT2D eigenvalue weighted by Gasteiger charge is -2.10. The van der Waals surface area contributed by atoms with Gasteiger partial charge in [0.05, 0.1) is 6.61 Å². The van der Waals surface area contributed by atoms with Gasteiger partial charge < -0.3 is 14.7 Å². The Morgan fingerprint density at radius 2 is 2.29 bits per heavy atom. The molecule has 0 saturated heterocycles. The van der Waals surface area contributed by atoms with Gasteiger partial charge in [0, 0.05) is 6.07 Å². The first-order chi connectivity index (χ1) is 7.84. The van der Waals surface area contributed by atoms with Gasteiger partial charge in [0.1, 0.15) is 23.2 Å². The fraction of sp³-hybridized carbons (Fsp3) is 0.500. The van der Waals surface area contributed by atoms with Gasteiger partial charge in [-0.3, -0.25) is 4.79 Å². The average molecular weight is 264 g/mol. The zero-order valence-corrected chi connectivity index (χ0v) is 9.77. The molecular weight excluding hydrogens is 252 g/mol. The van der Waals surface area contributed by atoms with Crippen molar-refractivity contribution < 1.29 is 27.9 Å². The molecule has 1 atom stereocenters. The molecule has 0 unspecified atom stereocenters. The molecule has 1 rings (SSSR count). The molecule has 96 valence electrons. The molecular formula is C8H12N2O6S. The summed E-state index contributed by atoms with van der Waals surface area (Å²) < 4.78 is 29.6. The summed E-state index contributed by atoms with van der Waals surface area (Å²) in [6, 6.07) is -0.137. The highest BCUT2D eigenvalue weighted by Gasteiger charge is 2.24. The minimum atomic E-state index is -3.89. The number of carboxylic acid groups (broad SMARTS) is 1. The molecule has 0 fully saturated rings. The van der Waals surface area contributed by atoms with Crippen LogP contribution in [0.4, 0.5) is 0 Å². The monoisotopic (exact) mass is 264 g/mol. The molecule has 8 nitrogen and oxygen atoms in total. The Morgan fingerprint density at radius 3 is 2.71 bits per heavy atom. The van der Waals surface area contributed by atoms with Crippen LogP contribution in [0, 0.1) is 6.92 Å². The maximum Gasteiger partial charge on any atom is 0.324 e. The lowest BCUT2D eigenvalue weighted by molar-refractivity contribution is -0.139. The SMILES string of the molecule is Cc1cc(CS(=O)(=O)N[C@@H](CO)C(=O)O)no1. The van der Waals surface area contributed by atoms with Crippen LogP contribution in [0.3, 0.4) is 0 Å². The average Bonchev–Trinajstić information content (AvgIpc) is 2.59. The maximum atomic E-state index is 11.5. The van der Waals surface area contributed by atoms with E-state index in [2.05, 4.69) is 9.68 Å². The summed E-state index contributed by atoms with van der Waals surface area (Å²) in [5.74, 6) is -1.51. The van der Waals surface area contributed by atoms with Crippen molar-refractivity contribution in [1.29, 1.82) is 0 Å². The number of carbonyl (C=O) groups is 1. The van der Waals surface area contributed by atoms with Gasteiger partial charge in [0.15, 0.2) is 0 Å². The molecule has 0 aliphatic carbocycles. The molecule has 0 amide bonds. The molecule has 0 spiro atoms. The van der Waals surface area contributed by atoms with E-state index in [9.17, 15) is 13.2 Å². The van der Waals surface area contributed by atoms with E-state index < -0.39 is 34.4 Å². The third-order valence-corrected chi connectivity index (χ3v) is 3.14. The molecule has 0 aliphatic rings. The summed E-state index contributed by atoms with van der Waals surface area (Å²) in [6.07, 6.45) is 0. The second-order valence-electron chi connectivity index (χ2n) is 3.38. The van der Waals surface area contributed by atoms with E-state index in [0.717, 1.165) is 0 Å². The zero-order valence-electron chi connectivity index (χ0n) is 8.95. The number of hydrogen-bond donors (Lipinski definition) is 3. The highest BCUT2D eigenvalue weighted by molar-refractivity contribution is 7.88. The molecule has 0 aromatic carbocycles. The van der Waals surface area contributed by atoms with Crippen molar-refractivity contribution in [2.24, 2.45) is 0 Å². The molecule has 0 bridgehead atoms. The van der Waals surface area contributed by atoms with Crippen molar-refractivity contribution in [2.75, 3.05) is 6.61 Å². The predicted molar refractivity (Wildman–Crippen MR) is 55.5 cm³/mol. The van der Waals surface area contributed by atoms with Crippen molar-refractivity contribution in [2.45, 2.75) is 18.7 Å². The minimum absolute atomic E-state index is 0.164. The summed E-state index contributed by atoms with van der Waals surface area (Å²) in [6.45, 7) is 0.775. The number of aromatic nitrogens is 1. The number of carboxylic acids is 1. The number of aliphatic hydroxyl groups is 1. The number of nitrogens with one attached hydrogen (secondary N) is 1. The smallest absolute Gasteiger partial charge is 0.324 e. The van der Waals surface area contributed by atoms with Gasteiger partial charge in [-0.15, -0.1) is 0 Å². The van der Waals surface area contributed by atoms with Gasteiger partial charge in [0.2, 0.25) is 10.0 Å². The van der Waals surface area contributed by atoms with Crippen LogP contribution in [0.1, 0.15) is 11.5 Å². The maximum absolute atomic E-state index is 11.5. The standard InChI is InChI=1S/C8H12N2O6S/c1-5-2-6(9-16-5)4-17(14,15)10-7(3-11)8(12)13/h2,7,10-11H,3-4H2,1H3,(H,12,13)/t7-/m0/s1. The summed E-state index contributed by atoms with van der Waals surface area (Å²) in [5, 5.41) is 20.7. The molecule has 1 aromatic heterocycles. The number of hydrogen-bond acceptors (Lipinski definition) is 6. The molecule has 1 aromatic rings. The van der Waals surface area contributed by atoms with Gasteiger partial charge in [-0.25, -0.2) is 8.42 Å². The van der Waals surface area contributed by atoms with Gasteiger partial charge >= 0.3 is 5.97 Å². The van der Waals surface area contributed by atoms with Crippen molar-refractivity contribution >= 4 is 16.0 Å². The lowest BCUT2D eigenvalue weighted by Crippen LogP contribution is -2.43. The van der Waals surface area contributed by atoms with Crippen molar-refractivity contribution in [3.05, 3.63) is 17.5 Å². The van der Waals surface area contributed by atoms with E-state index in [4.69, 9.17) is 10.2 Å². The van der Waals surface area contributed by atoms with Crippen molar-refractivity contribution in [3.8, 4) is 0 Å². The first-order valence-corrected chi connectivity index (χ1v) is 6.25. The van der Waals surface area contributed by atoms with Crippen LogP contribution in [-0.4, -0.2) is 42.4 Å². The zero-order chi connectivity index (χ0) is 13.1. The van der Waals surface area contributed by atoms with Crippen LogP contribution in [0.15, 0.2) is 10.6 Å². The first-order valence-electron chi connectivity index (χ1n) is 4.60. The van der Waals surface area contributed by atoms with Gasteiger partial charge in [-0.2, -0.15) is 4.72 Å². The Morgan fingerprint density at radius 1 is 1.65 bits per heavy atom. The Balaban J connectivity index is 2.72. The van der Waals surface area contributed by atoms with Crippen LogP contribution >= 0.6 is 0 Å². The third kappa shape index (κ3) is 4.13. The summed E-state index contributed by atoms with van der Waals surface area (Å²) >= 11 is 0. The highest BCUT2D eigenvalue weighted by Crippen LogP contribution is 2.06. The van der Waals surface area contributed by atoms with Crippen molar-refractivity contribution in [3.63, 3.8) is 0 Å². The lowest BCUT2D eigenvalue weighted by atomic mass is 10.3. The predicted octanol–water partition coefficient (Wildman–Crippen LogP) is -1.15. The number of sulfonamides is 1. The fourth-order valence-corrected chi connectivity index (χ4v) is 2.32. The number of aryl methyl sites for hydroxylation is 1. The minimum Gasteiger partial charge on any atom is -0.480 e. The van der Waals surface area contributed by atoms with Crippen LogP contribution in [-0.2, 0) is 20.6 Å². The quantitative estimate of drug-likeness (QED) is 0.591. The number of aliphatic hydroxyl groups excluding tert-OH is 1. The first kappa shape index (κ1) is 13.6.